The molecule has 2 N–H and O–H groups in total. The van der Waals surface area contributed by atoms with E-state index in [0.717, 1.165) is 25.7 Å². The predicted octanol–water partition coefficient (Wildman–Crippen LogP) is 0.998. The first-order valence-corrected chi connectivity index (χ1v) is 9.51. The molecule has 2 heterocycles. The molecule has 124 valence electrons. The van der Waals surface area contributed by atoms with Crippen molar-refractivity contribution in [3.63, 3.8) is 0 Å². The van der Waals surface area contributed by atoms with Gasteiger partial charge in [0.1, 0.15) is 11.3 Å². The molecule has 22 heavy (non-hydrogen) atoms. The highest BCUT2D eigenvalue weighted by Crippen LogP contribution is 2.39. The van der Waals surface area contributed by atoms with Crippen LogP contribution in [-0.4, -0.2) is 52.1 Å². The maximum absolute atomic E-state index is 12.7. The van der Waals surface area contributed by atoms with Crippen molar-refractivity contribution in [1.29, 1.82) is 0 Å². The molecule has 0 amide bonds. The standard InChI is InChI=1S/C14H24N4O3S/c1-13(5-3-2-4-6-13)11-22(20,21)18-8-7-14(19,10-18)12-9-15-17-16-12/h9,19H,2-8,10-11H2,1H3,(H,15,16,17). The van der Waals surface area contributed by atoms with Gasteiger partial charge in [-0.05, 0) is 24.7 Å². The van der Waals surface area contributed by atoms with Gasteiger partial charge < -0.3 is 5.11 Å². The quantitative estimate of drug-likeness (QED) is 0.859. The van der Waals surface area contributed by atoms with Gasteiger partial charge in [-0.3, -0.25) is 0 Å². The van der Waals surface area contributed by atoms with Crippen molar-refractivity contribution >= 4 is 10.0 Å². The highest BCUT2D eigenvalue weighted by atomic mass is 32.2. The van der Waals surface area contributed by atoms with Crippen LogP contribution in [0, 0.1) is 5.41 Å². The average Bonchev–Trinajstić information content (AvgIpc) is 3.08. The van der Waals surface area contributed by atoms with E-state index in [1.165, 1.54) is 16.9 Å². The van der Waals surface area contributed by atoms with E-state index < -0.39 is 15.6 Å². The van der Waals surface area contributed by atoms with Crippen LogP contribution in [0.5, 0.6) is 0 Å². The SMILES string of the molecule is CC1(CS(=O)(=O)N2CCC(O)(c3cn[nH]n3)C2)CCCCC1. The number of rotatable bonds is 4. The Labute approximate surface area is 131 Å². The Hall–Kier alpha value is -0.990. The number of hydrogen-bond donors (Lipinski definition) is 2. The van der Waals surface area contributed by atoms with Crippen molar-refractivity contribution in [3.8, 4) is 0 Å². The number of aromatic amines is 1. The minimum absolute atomic E-state index is 0.0674. The molecule has 1 aromatic rings. The molecule has 1 aromatic heterocycles. The van der Waals surface area contributed by atoms with Gasteiger partial charge in [0.15, 0.2) is 0 Å². The summed E-state index contributed by atoms with van der Waals surface area (Å²) in [4.78, 5) is 0. The van der Waals surface area contributed by atoms with E-state index in [0.29, 0.717) is 18.7 Å². The number of aromatic nitrogens is 3. The molecule has 0 radical (unpaired) electrons. The highest BCUT2D eigenvalue weighted by Gasteiger charge is 2.45. The fourth-order valence-electron chi connectivity index (χ4n) is 3.71. The summed E-state index contributed by atoms with van der Waals surface area (Å²) in [6.07, 6.45) is 7.16. The predicted molar refractivity (Wildman–Crippen MR) is 81.4 cm³/mol. The molecule has 1 aliphatic carbocycles. The monoisotopic (exact) mass is 328 g/mol. The van der Waals surface area contributed by atoms with Crippen LogP contribution in [0.2, 0.25) is 0 Å². The van der Waals surface area contributed by atoms with Crippen molar-refractivity contribution in [2.75, 3.05) is 18.8 Å². The topological polar surface area (TPSA) is 99.2 Å². The van der Waals surface area contributed by atoms with Crippen molar-refractivity contribution in [1.82, 2.24) is 19.7 Å². The lowest BCUT2D eigenvalue weighted by Gasteiger charge is -2.34. The Bertz CT molecular complexity index is 610. The van der Waals surface area contributed by atoms with E-state index in [4.69, 9.17) is 0 Å². The summed E-state index contributed by atoms with van der Waals surface area (Å²) in [5.74, 6) is 0.175. The van der Waals surface area contributed by atoms with E-state index in [2.05, 4.69) is 22.3 Å². The number of H-pyrrole nitrogens is 1. The number of β-amino-alcohol motifs (C(OH)–C–C–N with tert-alkyl or cyclic N) is 1. The molecule has 3 rings (SSSR count). The second-order valence-electron chi connectivity index (χ2n) is 7.10. The second-order valence-corrected chi connectivity index (χ2v) is 9.07. The van der Waals surface area contributed by atoms with Crippen LogP contribution in [0.15, 0.2) is 6.20 Å². The first-order valence-electron chi connectivity index (χ1n) is 7.90. The third-order valence-electron chi connectivity index (χ3n) is 5.09. The summed E-state index contributed by atoms with van der Waals surface area (Å²) >= 11 is 0. The van der Waals surface area contributed by atoms with E-state index in [1.54, 1.807) is 0 Å². The summed E-state index contributed by atoms with van der Waals surface area (Å²) in [5.41, 5.74) is -0.951. The van der Waals surface area contributed by atoms with Gasteiger partial charge in [0, 0.05) is 13.1 Å². The molecule has 1 saturated carbocycles. The zero-order valence-corrected chi connectivity index (χ0v) is 13.8. The van der Waals surface area contributed by atoms with Gasteiger partial charge in [-0.15, -0.1) is 0 Å². The zero-order valence-electron chi connectivity index (χ0n) is 13.0. The van der Waals surface area contributed by atoms with Crippen LogP contribution in [0.25, 0.3) is 0 Å². The number of hydrogen-bond acceptors (Lipinski definition) is 5. The molecule has 2 aliphatic rings. The Balaban J connectivity index is 1.71. The lowest BCUT2D eigenvalue weighted by molar-refractivity contribution is 0.0483. The molecule has 0 bridgehead atoms. The summed E-state index contributed by atoms with van der Waals surface area (Å²) in [7, 11) is -3.37. The van der Waals surface area contributed by atoms with Crippen molar-refractivity contribution < 1.29 is 13.5 Å². The lowest BCUT2D eigenvalue weighted by Crippen LogP contribution is -2.40. The molecule has 1 atom stereocenters. The van der Waals surface area contributed by atoms with Crippen LogP contribution in [0.1, 0.15) is 51.1 Å². The van der Waals surface area contributed by atoms with Gasteiger partial charge in [0.25, 0.3) is 0 Å². The Morgan fingerprint density at radius 3 is 2.68 bits per heavy atom. The van der Waals surface area contributed by atoms with E-state index in [1.807, 2.05) is 0 Å². The molecule has 2 fully saturated rings. The fourth-order valence-corrected chi connectivity index (χ4v) is 5.84. The highest BCUT2D eigenvalue weighted by molar-refractivity contribution is 7.89. The molecule has 7 nitrogen and oxygen atoms in total. The van der Waals surface area contributed by atoms with Gasteiger partial charge in [-0.1, -0.05) is 26.2 Å². The van der Waals surface area contributed by atoms with E-state index in [9.17, 15) is 13.5 Å². The molecule has 0 spiro atoms. The third kappa shape index (κ3) is 3.04. The maximum atomic E-state index is 12.7. The largest absolute Gasteiger partial charge is 0.382 e. The summed E-state index contributed by atoms with van der Waals surface area (Å²) in [6, 6.07) is 0. The van der Waals surface area contributed by atoms with Crippen molar-refractivity contribution in [2.24, 2.45) is 5.41 Å². The molecule has 1 saturated heterocycles. The first kappa shape index (κ1) is 15.9. The number of sulfonamides is 1. The van der Waals surface area contributed by atoms with Gasteiger partial charge in [-0.25, -0.2) is 8.42 Å². The maximum Gasteiger partial charge on any atom is 0.214 e. The minimum atomic E-state index is -3.37. The van der Waals surface area contributed by atoms with Crippen molar-refractivity contribution in [3.05, 3.63) is 11.9 Å². The molecular weight excluding hydrogens is 304 g/mol. The van der Waals surface area contributed by atoms with Crippen LogP contribution < -0.4 is 0 Å². The number of aliphatic hydroxyl groups is 1. The average molecular weight is 328 g/mol. The zero-order chi connectivity index (χ0) is 15.8. The molecule has 0 aromatic carbocycles. The van der Waals surface area contributed by atoms with Gasteiger partial charge >= 0.3 is 0 Å². The van der Waals surface area contributed by atoms with Gasteiger partial charge in [-0.2, -0.15) is 19.7 Å². The van der Waals surface area contributed by atoms with Gasteiger partial charge in [0.2, 0.25) is 10.0 Å². The van der Waals surface area contributed by atoms with E-state index >= 15 is 0 Å². The smallest absolute Gasteiger partial charge is 0.214 e. The molecule has 1 aliphatic heterocycles. The normalized spacial score (nSPS) is 29.7. The van der Waals surface area contributed by atoms with Crippen molar-refractivity contribution in [2.45, 2.75) is 51.0 Å². The molecule has 1 unspecified atom stereocenters. The molecule has 8 heteroatoms. The van der Waals surface area contributed by atoms with Crippen LogP contribution in [0.3, 0.4) is 0 Å². The summed E-state index contributed by atoms with van der Waals surface area (Å²) < 4.78 is 26.9. The fraction of sp³-hybridized carbons (Fsp3) is 0.857. The summed E-state index contributed by atoms with van der Waals surface area (Å²) in [5, 5.41) is 20.7. The first-order chi connectivity index (χ1) is 10.3. The lowest BCUT2D eigenvalue weighted by atomic mass is 9.77. The number of nitrogens with zero attached hydrogens (tertiary/aromatic N) is 3. The number of nitrogens with one attached hydrogen (secondary N) is 1. The Morgan fingerprint density at radius 1 is 1.32 bits per heavy atom. The summed E-state index contributed by atoms with van der Waals surface area (Å²) in [6.45, 7) is 2.48. The Morgan fingerprint density at radius 2 is 2.05 bits per heavy atom. The Kier molecular flexibility index (Phi) is 4.03. The molecular formula is C14H24N4O3S. The van der Waals surface area contributed by atoms with Crippen LogP contribution in [-0.2, 0) is 15.6 Å². The van der Waals surface area contributed by atoms with Gasteiger partial charge in [0.05, 0.1) is 11.9 Å². The van der Waals surface area contributed by atoms with Crippen LogP contribution in [0.4, 0.5) is 0 Å². The second kappa shape index (κ2) is 5.58. The van der Waals surface area contributed by atoms with Crippen LogP contribution >= 0.6 is 0 Å². The minimum Gasteiger partial charge on any atom is -0.382 e. The third-order valence-corrected chi connectivity index (χ3v) is 7.25. The van der Waals surface area contributed by atoms with E-state index in [-0.39, 0.29) is 17.7 Å².